The van der Waals surface area contributed by atoms with Crippen LogP contribution >= 0.6 is 23.2 Å². The SMILES string of the molecule is Cn1cc(C(=O)Nc2cc(Cl)cc(Cl)c2)c(-c2ccc3c(c2)OCCCO3)n1. The first-order chi connectivity index (χ1) is 13.5. The van der Waals surface area contributed by atoms with Gasteiger partial charge >= 0.3 is 0 Å². The minimum Gasteiger partial charge on any atom is -0.490 e. The molecule has 0 atom stereocenters. The zero-order valence-corrected chi connectivity index (χ0v) is 16.5. The zero-order chi connectivity index (χ0) is 19.7. The number of anilines is 1. The molecule has 2 heterocycles. The minimum absolute atomic E-state index is 0.312. The third-order valence-corrected chi connectivity index (χ3v) is 4.65. The predicted molar refractivity (Wildman–Crippen MR) is 109 cm³/mol. The largest absolute Gasteiger partial charge is 0.490 e. The Balaban J connectivity index is 1.67. The molecule has 3 aromatic rings. The summed E-state index contributed by atoms with van der Waals surface area (Å²) < 4.78 is 13.0. The van der Waals surface area contributed by atoms with Gasteiger partial charge in [-0.1, -0.05) is 23.2 Å². The molecule has 1 aromatic heterocycles. The quantitative estimate of drug-likeness (QED) is 0.663. The number of aromatic nitrogens is 2. The molecule has 0 saturated carbocycles. The molecule has 8 heteroatoms. The first-order valence-corrected chi connectivity index (χ1v) is 9.46. The van der Waals surface area contributed by atoms with Gasteiger partial charge in [0.15, 0.2) is 11.5 Å². The van der Waals surface area contributed by atoms with Crippen molar-refractivity contribution in [3.05, 3.63) is 58.2 Å². The number of carbonyl (C=O) groups is 1. The maximum absolute atomic E-state index is 12.9. The maximum Gasteiger partial charge on any atom is 0.259 e. The molecule has 1 aliphatic heterocycles. The first kappa shape index (κ1) is 18.7. The van der Waals surface area contributed by atoms with Crippen molar-refractivity contribution >= 4 is 34.8 Å². The normalized spacial score (nSPS) is 13.1. The van der Waals surface area contributed by atoms with Crippen molar-refractivity contribution < 1.29 is 14.3 Å². The second-order valence-corrected chi connectivity index (χ2v) is 7.26. The number of benzene rings is 2. The summed E-state index contributed by atoms with van der Waals surface area (Å²) in [5.41, 5.74) is 2.24. The molecule has 0 aliphatic carbocycles. The van der Waals surface area contributed by atoms with Gasteiger partial charge in [-0.25, -0.2) is 0 Å². The number of amides is 1. The van der Waals surface area contributed by atoms with E-state index in [-0.39, 0.29) is 5.91 Å². The van der Waals surface area contributed by atoms with E-state index in [9.17, 15) is 4.79 Å². The van der Waals surface area contributed by atoms with Crippen molar-refractivity contribution in [1.29, 1.82) is 0 Å². The number of rotatable bonds is 3. The molecule has 0 spiro atoms. The monoisotopic (exact) mass is 417 g/mol. The molecule has 1 aliphatic rings. The summed E-state index contributed by atoms with van der Waals surface area (Å²) in [5, 5.41) is 8.16. The van der Waals surface area contributed by atoms with E-state index < -0.39 is 0 Å². The molecule has 144 valence electrons. The van der Waals surface area contributed by atoms with E-state index in [2.05, 4.69) is 10.4 Å². The van der Waals surface area contributed by atoms with E-state index >= 15 is 0 Å². The molecule has 0 unspecified atom stereocenters. The van der Waals surface area contributed by atoms with Crippen molar-refractivity contribution in [2.75, 3.05) is 18.5 Å². The van der Waals surface area contributed by atoms with Gasteiger partial charge in [0.2, 0.25) is 0 Å². The van der Waals surface area contributed by atoms with Crippen LogP contribution in [0.4, 0.5) is 5.69 Å². The Morgan fingerprint density at radius 3 is 2.54 bits per heavy atom. The van der Waals surface area contributed by atoms with Crippen molar-refractivity contribution in [2.45, 2.75) is 6.42 Å². The summed E-state index contributed by atoms with van der Waals surface area (Å²) in [6.45, 7) is 1.20. The lowest BCUT2D eigenvalue weighted by molar-refractivity contribution is 0.102. The fourth-order valence-corrected chi connectivity index (χ4v) is 3.53. The van der Waals surface area contributed by atoms with Gasteiger partial charge in [-0.05, 0) is 36.4 Å². The van der Waals surface area contributed by atoms with Crippen molar-refractivity contribution in [3.63, 3.8) is 0 Å². The Morgan fingerprint density at radius 2 is 1.79 bits per heavy atom. The number of fused-ring (bicyclic) bond motifs is 1. The number of aryl methyl sites for hydroxylation is 1. The van der Waals surface area contributed by atoms with E-state index in [0.29, 0.717) is 51.7 Å². The number of halogens is 2. The number of carbonyl (C=O) groups excluding carboxylic acids is 1. The highest BCUT2D eigenvalue weighted by atomic mass is 35.5. The third kappa shape index (κ3) is 3.93. The summed E-state index contributed by atoms with van der Waals surface area (Å²) in [5.74, 6) is 1.03. The highest BCUT2D eigenvalue weighted by Gasteiger charge is 2.20. The lowest BCUT2D eigenvalue weighted by Gasteiger charge is -2.10. The van der Waals surface area contributed by atoms with Gasteiger partial charge in [0, 0.05) is 41.0 Å². The Morgan fingerprint density at radius 1 is 1.07 bits per heavy atom. The van der Waals surface area contributed by atoms with E-state index in [1.54, 1.807) is 36.1 Å². The molecule has 28 heavy (non-hydrogen) atoms. The Labute approximate surface area is 172 Å². The highest BCUT2D eigenvalue weighted by molar-refractivity contribution is 6.35. The molecule has 0 radical (unpaired) electrons. The number of ether oxygens (including phenoxy) is 2. The topological polar surface area (TPSA) is 65.4 Å². The minimum atomic E-state index is -0.312. The van der Waals surface area contributed by atoms with Gasteiger partial charge in [0.1, 0.15) is 5.69 Å². The molecule has 6 nitrogen and oxygen atoms in total. The van der Waals surface area contributed by atoms with Crippen LogP contribution in [0.3, 0.4) is 0 Å². The fourth-order valence-electron chi connectivity index (χ4n) is 3.00. The number of hydrogen-bond acceptors (Lipinski definition) is 4. The average Bonchev–Trinajstić information content (AvgIpc) is 2.88. The van der Waals surface area contributed by atoms with Gasteiger partial charge in [0.25, 0.3) is 5.91 Å². The fraction of sp³-hybridized carbons (Fsp3) is 0.200. The zero-order valence-electron chi connectivity index (χ0n) is 15.0. The van der Waals surface area contributed by atoms with E-state index in [1.165, 1.54) is 0 Å². The van der Waals surface area contributed by atoms with E-state index in [4.69, 9.17) is 32.7 Å². The summed E-state index contributed by atoms with van der Waals surface area (Å²) in [6.07, 6.45) is 2.49. The Bertz CT molecular complexity index is 1030. The Hall–Kier alpha value is -2.70. The van der Waals surface area contributed by atoms with Crippen molar-refractivity contribution in [1.82, 2.24) is 9.78 Å². The molecule has 1 amide bonds. The smallest absolute Gasteiger partial charge is 0.259 e. The molecule has 0 saturated heterocycles. The van der Waals surface area contributed by atoms with Gasteiger partial charge in [-0.15, -0.1) is 0 Å². The lowest BCUT2D eigenvalue weighted by atomic mass is 10.1. The van der Waals surface area contributed by atoms with Crippen LogP contribution in [0.25, 0.3) is 11.3 Å². The van der Waals surface area contributed by atoms with Crippen LogP contribution in [-0.4, -0.2) is 28.9 Å². The van der Waals surface area contributed by atoms with Gasteiger partial charge in [-0.2, -0.15) is 5.10 Å². The van der Waals surface area contributed by atoms with E-state index in [0.717, 1.165) is 12.0 Å². The lowest BCUT2D eigenvalue weighted by Crippen LogP contribution is -2.12. The summed E-state index contributed by atoms with van der Waals surface area (Å²) in [6, 6.07) is 10.4. The third-order valence-electron chi connectivity index (χ3n) is 4.21. The molecule has 0 bridgehead atoms. The second-order valence-electron chi connectivity index (χ2n) is 6.39. The number of hydrogen-bond donors (Lipinski definition) is 1. The number of nitrogens with zero attached hydrogens (tertiary/aromatic N) is 2. The predicted octanol–water partition coefficient (Wildman–Crippen LogP) is 4.81. The van der Waals surface area contributed by atoms with Crippen LogP contribution in [0.15, 0.2) is 42.6 Å². The van der Waals surface area contributed by atoms with Crippen molar-refractivity contribution in [3.8, 4) is 22.8 Å². The summed E-state index contributed by atoms with van der Waals surface area (Å²) >= 11 is 12.0. The van der Waals surface area contributed by atoms with Crippen LogP contribution in [0.1, 0.15) is 16.8 Å². The first-order valence-electron chi connectivity index (χ1n) is 8.71. The van der Waals surface area contributed by atoms with Crippen LogP contribution in [0.2, 0.25) is 10.0 Å². The van der Waals surface area contributed by atoms with Crippen LogP contribution in [-0.2, 0) is 7.05 Å². The van der Waals surface area contributed by atoms with Gasteiger partial charge in [0.05, 0.1) is 18.8 Å². The molecule has 2 aromatic carbocycles. The maximum atomic E-state index is 12.9. The molecule has 0 fully saturated rings. The summed E-state index contributed by atoms with van der Waals surface area (Å²) in [4.78, 5) is 12.9. The Kier molecular flexibility index (Phi) is 5.15. The van der Waals surface area contributed by atoms with Crippen molar-refractivity contribution in [2.24, 2.45) is 7.05 Å². The standard InChI is InChI=1S/C20H17Cl2N3O3/c1-25-11-16(20(26)23-15-9-13(21)8-14(22)10-15)19(24-25)12-3-4-17-18(7-12)28-6-2-5-27-17/h3-4,7-11H,2,5-6H2,1H3,(H,23,26). The number of nitrogens with one attached hydrogen (secondary N) is 1. The van der Waals surface area contributed by atoms with Crippen LogP contribution in [0, 0.1) is 0 Å². The average molecular weight is 418 g/mol. The highest BCUT2D eigenvalue weighted by Crippen LogP contribution is 2.35. The van der Waals surface area contributed by atoms with Gasteiger partial charge < -0.3 is 14.8 Å². The van der Waals surface area contributed by atoms with Crippen LogP contribution < -0.4 is 14.8 Å². The molecule has 1 N–H and O–H groups in total. The molecular formula is C20H17Cl2N3O3. The molecule has 4 rings (SSSR count). The molecular weight excluding hydrogens is 401 g/mol. The van der Waals surface area contributed by atoms with Gasteiger partial charge in [-0.3, -0.25) is 9.48 Å². The summed E-state index contributed by atoms with van der Waals surface area (Å²) in [7, 11) is 1.76. The van der Waals surface area contributed by atoms with E-state index in [1.807, 2.05) is 18.2 Å². The second kappa shape index (κ2) is 7.73. The van der Waals surface area contributed by atoms with Crippen LogP contribution in [0.5, 0.6) is 11.5 Å².